The Kier molecular flexibility index (Phi) is 3.31. The van der Waals surface area contributed by atoms with Gasteiger partial charge in [0, 0.05) is 17.3 Å². The molecule has 0 amide bonds. The molecular weight excluding hydrogens is 260 g/mol. The van der Waals surface area contributed by atoms with E-state index in [-0.39, 0.29) is 11.0 Å². The van der Waals surface area contributed by atoms with Crippen molar-refractivity contribution in [1.82, 2.24) is 4.98 Å². The van der Waals surface area contributed by atoms with Crippen LogP contribution in [0, 0.1) is 11.8 Å². The highest BCUT2D eigenvalue weighted by Crippen LogP contribution is 2.60. The van der Waals surface area contributed by atoms with E-state index in [0.29, 0.717) is 0 Å². The third-order valence-corrected chi connectivity index (χ3v) is 6.37. The van der Waals surface area contributed by atoms with Gasteiger partial charge < -0.3 is 10.5 Å². The third kappa shape index (κ3) is 2.05. The summed E-state index contributed by atoms with van der Waals surface area (Å²) in [4.78, 5) is 4.70. The third-order valence-electron chi connectivity index (χ3n) is 6.37. The lowest BCUT2D eigenvalue weighted by Gasteiger charge is -2.34. The molecule has 1 saturated heterocycles. The zero-order chi connectivity index (χ0) is 14.3. The van der Waals surface area contributed by atoms with Crippen LogP contribution < -0.4 is 5.73 Å². The lowest BCUT2D eigenvalue weighted by molar-refractivity contribution is -0.0225. The lowest BCUT2D eigenvalue weighted by atomic mass is 9.75. The minimum absolute atomic E-state index is 0.199. The molecular formula is C18H26N2O. The molecule has 1 aromatic heterocycles. The van der Waals surface area contributed by atoms with Crippen molar-refractivity contribution >= 4 is 0 Å². The molecule has 3 fully saturated rings. The van der Waals surface area contributed by atoms with Crippen molar-refractivity contribution in [2.24, 2.45) is 17.6 Å². The molecule has 1 aliphatic heterocycles. The Hall–Kier alpha value is -0.930. The number of ether oxygens (including phenoxy) is 1. The highest BCUT2D eigenvalue weighted by atomic mass is 16.5. The molecule has 2 saturated carbocycles. The van der Waals surface area contributed by atoms with Crippen molar-refractivity contribution < 1.29 is 4.74 Å². The Morgan fingerprint density at radius 2 is 2.10 bits per heavy atom. The normalized spacial score (nSPS) is 37.2. The van der Waals surface area contributed by atoms with Gasteiger partial charge in [0.2, 0.25) is 0 Å². The smallest absolute Gasteiger partial charge is 0.0714 e. The largest absolute Gasteiger partial charge is 0.374 e. The first-order valence-corrected chi connectivity index (χ1v) is 8.54. The van der Waals surface area contributed by atoms with Crippen LogP contribution in [0.25, 0.3) is 0 Å². The van der Waals surface area contributed by atoms with E-state index in [9.17, 15) is 0 Å². The van der Waals surface area contributed by atoms with Crippen LogP contribution in [0.3, 0.4) is 0 Å². The molecule has 1 aromatic rings. The SMILES string of the molecule is NCC[C@@]1(c2ccccn2)C[C@H]2COC3(CCCC3)[C@H]2C1. The van der Waals surface area contributed by atoms with Gasteiger partial charge in [0.25, 0.3) is 0 Å². The van der Waals surface area contributed by atoms with Crippen molar-refractivity contribution in [3.63, 3.8) is 0 Å². The summed E-state index contributed by atoms with van der Waals surface area (Å²) in [6, 6.07) is 6.34. The van der Waals surface area contributed by atoms with Crippen LogP contribution in [0.15, 0.2) is 24.4 Å². The van der Waals surface area contributed by atoms with Gasteiger partial charge in [-0.1, -0.05) is 18.9 Å². The average molecular weight is 286 g/mol. The Balaban J connectivity index is 1.66. The number of fused-ring (bicyclic) bond motifs is 2. The molecule has 21 heavy (non-hydrogen) atoms. The molecule has 3 nitrogen and oxygen atoms in total. The van der Waals surface area contributed by atoms with Crippen LogP contribution in [0.2, 0.25) is 0 Å². The summed E-state index contributed by atoms with van der Waals surface area (Å²) in [5.41, 5.74) is 7.63. The fourth-order valence-electron chi connectivity index (χ4n) is 5.47. The van der Waals surface area contributed by atoms with E-state index in [4.69, 9.17) is 15.5 Å². The van der Waals surface area contributed by atoms with E-state index in [1.165, 1.54) is 44.2 Å². The monoisotopic (exact) mass is 286 g/mol. The number of hydrogen-bond donors (Lipinski definition) is 1. The Bertz CT molecular complexity index is 497. The van der Waals surface area contributed by atoms with Crippen molar-refractivity contribution in [2.45, 2.75) is 56.0 Å². The van der Waals surface area contributed by atoms with Crippen LogP contribution in [0.1, 0.15) is 50.6 Å². The predicted octanol–water partition coefficient (Wildman–Crippen LogP) is 3.04. The van der Waals surface area contributed by atoms with Crippen LogP contribution in [0.5, 0.6) is 0 Å². The van der Waals surface area contributed by atoms with E-state index in [2.05, 4.69) is 12.1 Å². The first kappa shape index (κ1) is 13.7. The Labute approximate surface area is 127 Å². The molecule has 0 radical (unpaired) electrons. The molecule has 4 rings (SSSR count). The number of hydrogen-bond acceptors (Lipinski definition) is 3. The van der Waals surface area contributed by atoms with Gasteiger partial charge in [0.05, 0.1) is 12.2 Å². The van der Waals surface area contributed by atoms with Gasteiger partial charge in [-0.05, 0) is 62.6 Å². The molecule has 0 unspecified atom stereocenters. The zero-order valence-electron chi connectivity index (χ0n) is 12.8. The lowest BCUT2D eigenvalue weighted by Crippen LogP contribution is -2.35. The molecule has 3 atom stereocenters. The molecule has 3 aliphatic rings. The van der Waals surface area contributed by atoms with Gasteiger partial charge in [-0.3, -0.25) is 4.98 Å². The quantitative estimate of drug-likeness (QED) is 0.929. The summed E-state index contributed by atoms with van der Waals surface area (Å²) in [7, 11) is 0. The van der Waals surface area contributed by atoms with Gasteiger partial charge in [-0.15, -0.1) is 0 Å². The fourth-order valence-corrected chi connectivity index (χ4v) is 5.47. The summed E-state index contributed by atoms with van der Waals surface area (Å²) in [6.07, 6.45) is 10.7. The van der Waals surface area contributed by atoms with Gasteiger partial charge >= 0.3 is 0 Å². The predicted molar refractivity (Wildman–Crippen MR) is 83.0 cm³/mol. The molecule has 0 aromatic carbocycles. The first-order chi connectivity index (χ1) is 10.3. The Morgan fingerprint density at radius 3 is 2.81 bits per heavy atom. The van der Waals surface area contributed by atoms with E-state index in [1.54, 1.807) is 0 Å². The summed E-state index contributed by atoms with van der Waals surface area (Å²) in [6.45, 7) is 1.72. The zero-order valence-corrected chi connectivity index (χ0v) is 12.8. The molecule has 2 aliphatic carbocycles. The first-order valence-electron chi connectivity index (χ1n) is 8.54. The summed E-state index contributed by atoms with van der Waals surface area (Å²) >= 11 is 0. The summed E-state index contributed by atoms with van der Waals surface area (Å²) in [5, 5.41) is 0. The fraction of sp³-hybridized carbons (Fsp3) is 0.722. The van der Waals surface area contributed by atoms with Crippen LogP contribution in [-0.2, 0) is 10.2 Å². The summed E-state index contributed by atoms with van der Waals surface area (Å²) < 4.78 is 6.32. The second-order valence-corrected chi connectivity index (χ2v) is 7.39. The van der Waals surface area contributed by atoms with E-state index < -0.39 is 0 Å². The molecule has 3 heteroatoms. The number of nitrogens with two attached hydrogens (primary N) is 1. The molecule has 114 valence electrons. The highest BCUT2D eigenvalue weighted by molar-refractivity contribution is 5.23. The number of aromatic nitrogens is 1. The van der Waals surface area contributed by atoms with Crippen molar-refractivity contribution in [2.75, 3.05) is 13.2 Å². The standard InChI is InChI=1S/C18H26N2O/c19-9-8-17(16-5-1-4-10-20-16)11-14-13-21-18(15(14)12-17)6-2-3-7-18/h1,4-5,10,14-15H,2-3,6-9,11-13,19H2/t14-,15-,17+/m0/s1. The van der Waals surface area contributed by atoms with Crippen LogP contribution in [-0.4, -0.2) is 23.7 Å². The molecule has 0 bridgehead atoms. The molecule has 2 N–H and O–H groups in total. The van der Waals surface area contributed by atoms with E-state index in [1.807, 2.05) is 12.3 Å². The van der Waals surface area contributed by atoms with Gasteiger partial charge in [-0.25, -0.2) is 0 Å². The highest BCUT2D eigenvalue weighted by Gasteiger charge is 2.59. The van der Waals surface area contributed by atoms with Gasteiger partial charge in [0.15, 0.2) is 0 Å². The number of nitrogens with zero attached hydrogens (tertiary/aromatic N) is 1. The van der Waals surface area contributed by atoms with Crippen molar-refractivity contribution in [3.05, 3.63) is 30.1 Å². The number of rotatable bonds is 3. The average Bonchev–Trinajstić information content (AvgIpc) is 3.19. The van der Waals surface area contributed by atoms with Crippen LogP contribution >= 0.6 is 0 Å². The minimum atomic E-state index is 0.199. The number of pyridine rings is 1. The van der Waals surface area contributed by atoms with Gasteiger partial charge in [-0.2, -0.15) is 0 Å². The molecule has 2 heterocycles. The topological polar surface area (TPSA) is 48.1 Å². The Morgan fingerprint density at radius 1 is 1.24 bits per heavy atom. The second-order valence-electron chi connectivity index (χ2n) is 7.39. The van der Waals surface area contributed by atoms with Crippen molar-refractivity contribution in [1.29, 1.82) is 0 Å². The van der Waals surface area contributed by atoms with E-state index in [0.717, 1.165) is 31.4 Å². The maximum absolute atomic E-state index is 6.32. The minimum Gasteiger partial charge on any atom is -0.374 e. The second kappa shape index (κ2) is 5.06. The summed E-state index contributed by atoms with van der Waals surface area (Å²) in [5.74, 6) is 1.45. The molecule has 1 spiro atoms. The van der Waals surface area contributed by atoms with Crippen LogP contribution in [0.4, 0.5) is 0 Å². The van der Waals surface area contributed by atoms with Crippen molar-refractivity contribution in [3.8, 4) is 0 Å². The van der Waals surface area contributed by atoms with Gasteiger partial charge in [0.1, 0.15) is 0 Å². The maximum Gasteiger partial charge on any atom is 0.0714 e. The van der Waals surface area contributed by atoms with E-state index >= 15 is 0 Å². The maximum atomic E-state index is 6.32.